The van der Waals surface area contributed by atoms with Crippen molar-refractivity contribution in [3.05, 3.63) is 29.8 Å². The van der Waals surface area contributed by atoms with E-state index in [1.165, 1.54) is 0 Å². The average Bonchev–Trinajstić information content (AvgIpc) is 2.25. The zero-order valence-corrected chi connectivity index (χ0v) is 11.2. The van der Waals surface area contributed by atoms with Crippen molar-refractivity contribution in [2.24, 2.45) is 0 Å². The van der Waals surface area contributed by atoms with Crippen molar-refractivity contribution in [1.29, 1.82) is 0 Å². The van der Waals surface area contributed by atoms with Crippen molar-refractivity contribution in [2.75, 3.05) is 11.9 Å². The smallest absolute Gasteiger partial charge is 0.412 e. The van der Waals surface area contributed by atoms with E-state index in [-0.39, 0.29) is 6.61 Å². The zero-order valence-electron chi connectivity index (χ0n) is 11.2. The van der Waals surface area contributed by atoms with Gasteiger partial charge in [0.1, 0.15) is 5.60 Å². The second-order valence-electron chi connectivity index (χ2n) is 5.15. The normalized spacial score (nSPS) is 11.1. The van der Waals surface area contributed by atoms with Gasteiger partial charge in [0.05, 0.1) is 0 Å². The van der Waals surface area contributed by atoms with Crippen LogP contribution in [0.15, 0.2) is 24.3 Å². The molecule has 4 nitrogen and oxygen atoms in total. The second kappa shape index (κ2) is 6.40. The van der Waals surface area contributed by atoms with Gasteiger partial charge < -0.3 is 9.84 Å². The molecule has 0 aliphatic carbocycles. The van der Waals surface area contributed by atoms with E-state index in [2.05, 4.69) is 5.32 Å². The molecule has 0 aliphatic heterocycles. The molecule has 0 saturated carbocycles. The van der Waals surface area contributed by atoms with Gasteiger partial charge in [0.15, 0.2) is 0 Å². The van der Waals surface area contributed by atoms with Crippen LogP contribution in [0.3, 0.4) is 0 Å². The Balaban J connectivity index is 2.50. The summed E-state index contributed by atoms with van der Waals surface area (Å²) in [6, 6.07) is 7.53. The molecule has 0 bridgehead atoms. The van der Waals surface area contributed by atoms with Crippen LogP contribution in [0.25, 0.3) is 0 Å². The lowest BCUT2D eigenvalue weighted by atomic mass is 10.1. The minimum Gasteiger partial charge on any atom is -0.444 e. The third kappa shape index (κ3) is 5.68. The van der Waals surface area contributed by atoms with E-state index in [0.29, 0.717) is 5.69 Å². The van der Waals surface area contributed by atoms with Crippen molar-refractivity contribution in [3.63, 3.8) is 0 Å². The molecular formula is C14H21NO3. The van der Waals surface area contributed by atoms with Gasteiger partial charge in [-0.05, 0) is 51.3 Å². The second-order valence-corrected chi connectivity index (χ2v) is 5.15. The van der Waals surface area contributed by atoms with E-state index in [4.69, 9.17) is 9.84 Å². The van der Waals surface area contributed by atoms with Gasteiger partial charge in [-0.1, -0.05) is 12.1 Å². The fourth-order valence-electron chi connectivity index (χ4n) is 1.46. The molecule has 0 atom stereocenters. The van der Waals surface area contributed by atoms with Gasteiger partial charge in [-0.2, -0.15) is 0 Å². The fraction of sp³-hybridized carbons (Fsp3) is 0.500. The average molecular weight is 251 g/mol. The number of carbonyl (C=O) groups is 1. The summed E-state index contributed by atoms with van der Waals surface area (Å²) in [5.74, 6) is 0. The first-order valence-electron chi connectivity index (χ1n) is 6.10. The molecule has 1 amide bonds. The van der Waals surface area contributed by atoms with Gasteiger partial charge in [-0.25, -0.2) is 4.79 Å². The number of rotatable bonds is 4. The molecule has 0 spiro atoms. The maximum atomic E-state index is 11.5. The zero-order chi connectivity index (χ0) is 13.6. The highest BCUT2D eigenvalue weighted by Crippen LogP contribution is 2.13. The molecule has 2 N–H and O–H groups in total. The molecule has 1 aromatic rings. The Morgan fingerprint density at radius 1 is 1.28 bits per heavy atom. The van der Waals surface area contributed by atoms with E-state index in [1.807, 2.05) is 45.0 Å². The molecule has 4 heteroatoms. The molecule has 0 heterocycles. The number of aliphatic hydroxyl groups is 1. The first kappa shape index (κ1) is 14.5. The van der Waals surface area contributed by atoms with Gasteiger partial charge in [-0.3, -0.25) is 5.32 Å². The van der Waals surface area contributed by atoms with Gasteiger partial charge in [0, 0.05) is 12.3 Å². The Morgan fingerprint density at radius 2 is 1.89 bits per heavy atom. The van der Waals surface area contributed by atoms with E-state index < -0.39 is 11.7 Å². The number of nitrogens with one attached hydrogen (secondary N) is 1. The number of aliphatic hydroxyl groups excluding tert-OH is 1. The predicted molar refractivity (Wildman–Crippen MR) is 71.7 cm³/mol. The number of benzene rings is 1. The SMILES string of the molecule is CC(C)(C)OC(=O)Nc1ccc(CCCO)cc1. The largest absolute Gasteiger partial charge is 0.444 e. The highest BCUT2D eigenvalue weighted by molar-refractivity contribution is 5.84. The fourth-order valence-corrected chi connectivity index (χ4v) is 1.46. The molecule has 0 unspecified atom stereocenters. The number of hydrogen-bond acceptors (Lipinski definition) is 3. The molecule has 100 valence electrons. The molecule has 0 fully saturated rings. The first-order chi connectivity index (χ1) is 8.40. The summed E-state index contributed by atoms with van der Waals surface area (Å²) in [6.45, 7) is 5.66. The Kier molecular flexibility index (Phi) is 5.16. The maximum absolute atomic E-state index is 11.5. The molecule has 1 rings (SSSR count). The third-order valence-electron chi connectivity index (χ3n) is 2.22. The van der Waals surface area contributed by atoms with Crippen molar-refractivity contribution in [3.8, 4) is 0 Å². The molecule has 0 saturated heterocycles. The topological polar surface area (TPSA) is 58.6 Å². The maximum Gasteiger partial charge on any atom is 0.412 e. The van der Waals surface area contributed by atoms with Crippen LogP contribution < -0.4 is 5.32 Å². The number of ether oxygens (including phenoxy) is 1. The van der Waals surface area contributed by atoms with E-state index in [9.17, 15) is 4.79 Å². The molecule has 0 aromatic heterocycles. The van der Waals surface area contributed by atoms with Crippen LogP contribution in [-0.4, -0.2) is 23.4 Å². The molecule has 0 radical (unpaired) electrons. The Labute approximate surface area is 108 Å². The molecular weight excluding hydrogens is 230 g/mol. The van der Waals surface area contributed by atoms with Crippen LogP contribution in [0, 0.1) is 0 Å². The van der Waals surface area contributed by atoms with E-state index >= 15 is 0 Å². The van der Waals surface area contributed by atoms with Crippen LogP contribution in [0.2, 0.25) is 0 Å². The van der Waals surface area contributed by atoms with E-state index in [0.717, 1.165) is 18.4 Å². The molecule has 1 aromatic carbocycles. The lowest BCUT2D eigenvalue weighted by Crippen LogP contribution is -2.27. The summed E-state index contributed by atoms with van der Waals surface area (Å²) < 4.78 is 5.15. The number of anilines is 1. The van der Waals surface area contributed by atoms with Crippen molar-refractivity contribution >= 4 is 11.8 Å². The number of aryl methyl sites for hydroxylation is 1. The summed E-state index contributed by atoms with van der Waals surface area (Å²) in [5.41, 5.74) is 1.35. The summed E-state index contributed by atoms with van der Waals surface area (Å²) in [6.07, 6.45) is 1.13. The Bertz CT molecular complexity index is 379. The number of amides is 1. The quantitative estimate of drug-likeness (QED) is 0.865. The highest BCUT2D eigenvalue weighted by atomic mass is 16.6. The minimum absolute atomic E-state index is 0.192. The monoisotopic (exact) mass is 251 g/mol. The van der Waals surface area contributed by atoms with Gasteiger partial charge in [-0.15, -0.1) is 0 Å². The standard InChI is InChI=1S/C14H21NO3/c1-14(2,3)18-13(17)15-12-8-6-11(7-9-12)5-4-10-16/h6-9,16H,4-5,10H2,1-3H3,(H,15,17). The van der Waals surface area contributed by atoms with Crippen LogP contribution in [-0.2, 0) is 11.2 Å². The van der Waals surface area contributed by atoms with Gasteiger partial charge in [0.2, 0.25) is 0 Å². The van der Waals surface area contributed by atoms with Crippen LogP contribution >= 0.6 is 0 Å². The third-order valence-corrected chi connectivity index (χ3v) is 2.22. The summed E-state index contributed by atoms with van der Waals surface area (Å²) >= 11 is 0. The van der Waals surface area contributed by atoms with Gasteiger partial charge in [0.25, 0.3) is 0 Å². The Hall–Kier alpha value is -1.55. The first-order valence-corrected chi connectivity index (χ1v) is 6.10. The van der Waals surface area contributed by atoms with Crippen molar-refractivity contribution in [1.82, 2.24) is 0 Å². The number of carbonyl (C=O) groups excluding carboxylic acids is 1. The number of hydrogen-bond donors (Lipinski definition) is 2. The summed E-state index contributed by atoms with van der Waals surface area (Å²) in [4.78, 5) is 11.5. The summed E-state index contributed by atoms with van der Waals surface area (Å²) in [7, 11) is 0. The van der Waals surface area contributed by atoms with Crippen LogP contribution in [0.4, 0.5) is 10.5 Å². The lowest BCUT2D eigenvalue weighted by molar-refractivity contribution is 0.0636. The van der Waals surface area contributed by atoms with Crippen LogP contribution in [0.5, 0.6) is 0 Å². The Morgan fingerprint density at radius 3 is 2.39 bits per heavy atom. The predicted octanol–water partition coefficient (Wildman–Crippen LogP) is 2.96. The van der Waals surface area contributed by atoms with Crippen LogP contribution in [0.1, 0.15) is 32.8 Å². The lowest BCUT2D eigenvalue weighted by Gasteiger charge is -2.19. The minimum atomic E-state index is -0.495. The molecule has 18 heavy (non-hydrogen) atoms. The highest BCUT2D eigenvalue weighted by Gasteiger charge is 2.15. The molecule has 0 aliphatic rings. The van der Waals surface area contributed by atoms with Crippen molar-refractivity contribution in [2.45, 2.75) is 39.2 Å². The summed E-state index contributed by atoms with van der Waals surface area (Å²) in [5, 5.41) is 11.4. The van der Waals surface area contributed by atoms with Crippen molar-refractivity contribution < 1.29 is 14.6 Å². The van der Waals surface area contributed by atoms with Gasteiger partial charge >= 0.3 is 6.09 Å². The van der Waals surface area contributed by atoms with E-state index in [1.54, 1.807) is 0 Å².